The van der Waals surface area contributed by atoms with E-state index in [0.717, 1.165) is 21.2 Å². The second-order valence-electron chi connectivity index (χ2n) is 3.06. The molecule has 0 atom stereocenters. The van der Waals surface area contributed by atoms with Gasteiger partial charge in [0.15, 0.2) is 0 Å². The van der Waals surface area contributed by atoms with Crippen molar-refractivity contribution < 1.29 is 10.2 Å². The van der Waals surface area contributed by atoms with Crippen molar-refractivity contribution in [2.24, 2.45) is 0 Å². The predicted molar refractivity (Wildman–Crippen MR) is 54.1 cm³/mol. The fourth-order valence-corrected chi connectivity index (χ4v) is 2.48. The minimum atomic E-state index is -0.0230. The first-order chi connectivity index (χ1) is 6.22. The monoisotopic (exact) mass is 194 g/mol. The van der Waals surface area contributed by atoms with Crippen LogP contribution in [0.1, 0.15) is 11.1 Å². The third kappa shape index (κ3) is 1.30. The van der Waals surface area contributed by atoms with Gasteiger partial charge >= 0.3 is 0 Å². The molecule has 0 saturated heterocycles. The molecule has 0 aliphatic carbocycles. The Hall–Kier alpha value is -1.06. The summed E-state index contributed by atoms with van der Waals surface area (Å²) in [5.41, 5.74) is 1.94. The zero-order valence-corrected chi connectivity index (χ0v) is 8.06. The van der Waals surface area contributed by atoms with Gasteiger partial charge in [-0.2, -0.15) is 0 Å². The Morgan fingerprint density at radius 1 is 1.38 bits per heavy atom. The predicted octanol–water partition coefficient (Wildman–Crippen LogP) is 2.41. The lowest BCUT2D eigenvalue weighted by atomic mass is 10.1. The van der Waals surface area contributed by atoms with Gasteiger partial charge in [-0.25, -0.2) is 0 Å². The lowest BCUT2D eigenvalue weighted by Gasteiger charge is -2.00. The van der Waals surface area contributed by atoms with Crippen LogP contribution in [0.5, 0.6) is 5.75 Å². The van der Waals surface area contributed by atoms with Gasteiger partial charge in [-0.1, -0.05) is 0 Å². The number of rotatable bonds is 1. The highest BCUT2D eigenvalue weighted by Gasteiger charge is 2.06. The van der Waals surface area contributed by atoms with E-state index in [-0.39, 0.29) is 12.4 Å². The molecule has 2 N–H and O–H groups in total. The Labute approximate surface area is 80.1 Å². The molecule has 0 aliphatic rings. The van der Waals surface area contributed by atoms with Gasteiger partial charge in [0.2, 0.25) is 0 Å². The van der Waals surface area contributed by atoms with Crippen LogP contribution in [0.2, 0.25) is 0 Å². The molecule has 2 rings (SSSR count). The Morgan fingerprint density at radius 3 is 2.85 bits per heavy atom. The molecule has 2 nitrogen and oxygen atoms in total. The lowest BCUT2D eigenvalue weighted by Crippen LogP contribution is -1.82. The fraction of sp³-hybridized carbons (Fsp3) is 0.200. The molecule has 0 unspecified atom stereocenters. The van der Waals surface area contributed by atoms with Crippen LogP contribution >= 0.6 is 11.3 Å². The summed E-state index contributed by atoms with van der Waals surface area (Å²) < 4.78 is 1.07. The molecule has 0 radical (unpaired) electrons. The van der Waals surface area contributed by atoms with Crippen molar-refractivity contribution in [2.75, 3.05) is 0 Å². The van der Waals surface area contributed by atoms with Crippen LogP contribution < -0.4 is 0 Å². The van der Waals surface area contributed by atoms with E-state index in [1.54, 1.807) is 23.5 Å². The molecule has 0 bridgehead atoms. The number of hydrogen-bond acceptors (Lipinski definition) is 3. The highest BCUT2D eigenvalue weighted by atomic mass is 32.1. The molecular weight excluding hydrogens is 184 g/mol. The van der Waals surface area contributed by atoms with Crippen LogP contribution in [0.15, 0.2) is 17.5 Å². The number of phenolic OH excluding ortho intramolecular Hbond substituents is 1. The van der Waals surface area contributed by atoms with Crippen molar-refractivity contribution >= 4 is 21.4 Å². The molecule has 1 aromatic heterocycles. The van der Waals surface area contributed by atoms with Crippen LogP contribution in [-0.2, 0) is 6.61 Å². The second kappa shape index (κ2) is 3.01. The Morgan fingerprint density at radius 2 is 2.15 bits per heavy atom. The van der Waals surface area contributed by atoms with Crippen LogP contribution in [0.3, 0.4) is 0 Å². The van der Waals surface area contributed by atoms with Crippen molar-refractivity contribution in [3.63, 3.8) is 0 Å². The number of hydrogen-bond donors (Lipinski definition) is 2. The van der Waals surface area contributed by atoms with Gasteiger partial charge in [0.25, 0.3) is 0 Å². The molecule has 0 fully saturated rings. The summed E-state index contributed by atoms with van der Waals surface area (Å²) in [6.45, 7) is 1.98. The van der Waals surface area contributed by atoms with Crippen molar-refractivity contribution in [1.82, 2.24) is 0 Å². The molecule has 3 heteroatoms. The number of aliphatic hydroxyl groups excluding tert-OH is 1. The summed E-state index contributed by atoms with van der Waals surface area (Å²) >= 11 is 1.60. The van der Waals surface area contributed by atoms with E-state index in [2.05, 4.69) is 0 Å². The maximum atomic E-state index is 9.38. The number of aromatic hydroxyl groups is 1. The lowest BCUT2D eigenvalue weighted by molar-refractivity contribution is 0.283. The molecule has 1 heterocycles. The number of thiophene rings is 1. The third-order valence-electron chi connectivity index (χ3n) is 2.10. The number of aryl methyl sites for hydroxylation is 1. The van der Waals surface area contributed by atoms with Crippen LogP contribution in [0.25, 0.3) is 10.1 Å². The number of benzene rings is 1. The number of aliphatic hydroxyl groups is 1. The fourth-order valence-electron chi connectivity index (χ4n) is 1.43. The van der Waals surface area contributed by atoms with Gasteiger partial charge in [0.1, 0.15) is 5.75 Å². The Kier molecular flexibility index (Phi) is 1.98. The molecule has 0 aliphatic heterocycles. The maximum absolute atomic E-state index is 9.38. The van der Waals surface area contributed by atoms with Gasteiger partial charge < -0.3 is 10.2 Å². The van der Waals surface area contributed by atoms with Gasteiger partial charge in [-0.3, -0.25) is 0 Å². The minimum absolute atomic E-state index is 0.0230. The largest absolute Gasteiger partial charge is 0.508 e. The molecule has 68 valence electrons. The zero-order chi connectivity index (χ0) is 9.42. The first kappa shape index (κ1) is 8.53. The van der Waals surface area contributed by atoms with Crippen LogP contribution in [0, 0.1) is 6.92 Å². The highest BCUT2D eigenvalue weighted by Crippen LogP contribution is 2.32. The van der Waals surface area contributed by atoms with E-state index >= 15 is 0 Å². The summed E-state index contributed by atoms with van der Waals surface area (Å²) in [7, 11) is 0. The van der Waals surface area contributed by atoms with Gasteiger partial charge in [-0.15, -0.1) is 11.3 Å². The standard InChI is InChI=1S/C10H10O2S/c1-6-5-13-10-7(4-11)2-8(12)3-9(6)10/h2-3,5,11-12H,4H2,1H3. The number of fused-ring (bicyclic) bond motifs is 1. The summed E-state index contributed by atoms with van der Waals surface area (Å²) in [4.78, 5) is 0. The molecule has 13 heavy (non-hydrogen) atoms. The van der Waals surface area contributed by atoms with E-state index in [9.17, 15) is 5.11 Å². The molecule has 1 aromatic carbocycles. The van der Waals surface area contributed by atoms with Gasteiger partial charge in [0, 0.05) is 4.70 Å². The topological polar surface area (TPSA) is 40.5 Å². The highest BCUT2D eigenvalue weighted by molar-refractivity contribution is 7.17. The molecule has 0 saturated carbocycles. The van der Waals surface area contributed by atoms with Crippen LogP contribution in [-0.4, -0.2) is 10.2 Å². The summed E-state index contributed by atoms with van der Waals surface area (Å²) in [6, 6.07) is 3.35. The number of phenols is 1. The normalized spacial score (nSPS) is 10.9. The van der Waals surface area contributed by atoms with Crippen molar-refractivity contribution in [2.45, 2.75) is 13.5 Å². The van der Waals surface area contributed by atoms with Crippen molar-refractivity contribution in [3.05, 3.63) is 28.6 Å². The third-order valence-corrected chi connectivity index (χ3v) is 3.29. The quantitative estimate of drug-likeness (QED) is 0.731. The van der Waals surface area contributed by atoms with E-state index in [4.69, 9.17) is 5.11 Å². The Bertz CT molecular complexity index is 445. The molecular formula is C10H10O2S. The van der Waals surface area contributed by atoms with Crippen molar-refractivity contribution in [3.8, 4) is 5.75 Å². The van der Waals surface area contributed by atoms with E-state index in [1.807, 2.05) is 12.3 Å². The summed E-state index contributed by atoms with van der Waals surface area (Å²) in [6.07, 6.45) is 0. The first-order valence-electron chi connectivity index (χ1n) is 4.03. The average Bonchev–Trinajstić information content (AvgIpc) is 2.47. The maximum Gasteiger partial charge on any atom is 0.116 e. The average molecular weight is 194 g/mol. The second-order valence-corrected chi connectivity index (χ2v) is 3.94. The van der Waals surface area contributed by atoms with Gasteiger partial charge in [0.05, 0.1) is 6.61 Å². The Balaban J connectivity index is 2.84. The molecule has 0 amide bonds. The molecule has 2 aromatic rings. The molecule has 0 spiro atoms. The summed E-state index contributed by atoms with van der Waals surface area (Å²) in [5.74, 6) is 0.220. The van der Waals surface area contributed by atoms with E-state index in [1.165, 1.54) is 0 Å². The smallest absolute Gasteiger partial charge is 0.116 e. The summed E-state index contributed by atoms with van der Waals surface area (Å²) in [5, 5.41) is 21.5. The van der Waals surface area contributed by atoms with Gasteiger partial charge in [-0.05, 0) is 40.9 Å². The van der Waals surface area contributed by atoms with Crippen molar-refractivity contribution in [1.29, 1.82) is 0 Å². The van der Waals surface area contributed by atoms with Crippen LogP contribution in [0.4, 0.5) is 0 Å². The van der Waals surface area contributed by atoms with E-state index < -0.39 is 0 Å². The SMILES string of the molecule is Cc1csc2c(CO)cc(O)cc12. The first-order valence-corrected chi connectivity index (χ1v) is 4.91. The zero-order valence-electron chi connectivity index (χ0n) is 7.24. The van der Waals surface area contributed by atoms with E-state index in [0.29, 0.717) is 0 Å². The minimum Gasteiger partial charge on any atom is -0.508 e.